The summed E-state index contributed by atoms with van der Waals surface area (Å²) in [6.45, 7) is 2.07. The van der Waals surface area contributed by atoms with E-state index in [0.717, 1.165) is 19.4 Å². The van der Waals surface area contributed by atoms with Gasteiger partial charge in [0, 0.05) is 44.3 Å². The summed E-state index contributed by atoms with van der Waals surface area (Å²) in [6.07, 6.45) is 10.0. The first kappa shape index (κ1) is 16.5. The summed E-state index contributed by atoms with van der Waals surface area (Å²) in [4.78, 5) is 31.6. The summed E-state index contributed by atoms with van der Waals surface area (Å²) in [5.41, 5.74) is 0.573. The molecule has 0 amide bonds. The number of Topliss-reactive ketones (excluding diaryl/α,β-unsaturated/α-hetero) is 1. The van der Waals surface area contributed by atoms with Crippen molar-refractivity contribution in [2.24, 2.45) is 13.0 Å². The number of hydrogen-bond donors (Lipinski definition) is 0. The number of imidazole rings is 1. The maximum absolute atomic E-state index is 12.7. The van der Waals surface area contributed by atoms with Crippen LogP contribution < -0.4 is 0 Å². The highest BCUT2D eigenvalue weighted by Crippen LogP contribution is 2.22. The van der Waals surface area contributed by atoms with E-state index in [1.165, 1.54) is 0 Å². The molecular formula is C17H19N7O2. The molecule has 9 heteroatoms. The van der Waals surface area contributed by atoms with Gasteiger partial charge in [-0.25, -0.2) is 9.97 Å². The number of carbonyl (C=O) groups excluding carboxylic acids is 1. The maximum atomic E-state index is 12.7. The molecule has 0 aliphatic carbocycles. The van der Waals surface area contributed by atoms with Gasteiger partial charge in [-0.3, -0.25) is 14.7 Å². The third-order valence-electron chi connectivity index (χ3n) is 4.54. The Balaban J connectivity index is 1.42. The number of aryl methyl sites for hydroxylation is 1. The Morgan fingerprint density at radius 1 is 1.31 bits per heavy atom. The van der Waals surface area contributed by atoms with Crippen LogP contribution in [-0.4, -0.2) is 53.4 Å². The van der Waals surface area contributed by atoms with Gasteiger partial charge in [-0.2, -0.15) is 4.98 Å². The zero-order valence-electron chi connectivity index (χ0n) is 14.4. The average Bonchev–Trinajstić information content (AvgIpc) is 3.31. The molecule has 26 heavy (non-hydrogen) atoms. The van der Waals surface area contributed by atoms with Crippen molar-refractivity contribution in [1.82, 2.24) is 34.6 Å². The summed E-state index contributed by atoms with van der Waals surface area (Å²) in [7, 11) is 1.84. The summed E-state index contributed by atoms with van der Waals surface area (Å²) in [5.74, 6) is 1.47. The van der Waals surface area contributed by atoms with E-state index in [4.69, 9.17) is 4.52 Å². The number of piperidine rings is 1. The molecule has 3 aromatic rings. The molecule has 1 fully saturated rings. The molecule has 0 bridgehead atoms. The van der Waals surface area contributed by atoms with Gasteiger partial charge in [0.05, 0.1) is 12.7 Å². The molecule has 134 valence electrons. The number of nitrogens with zero attached hydrogens (tertiary/aromatic N) is 7. The van der Waals surface area contributed by atoms with E-state index >= 15 is 0 Å². The maximum Gasteiger partial charge on any atom is 0.241 e. The van der Waals surface area contributed by atoms with Gasteiger partial charge in [0.1, 0.15) is 5.69 Å². The summed E-state index contributed by atoms with van der Waals surface area (Å²) < 4.78 is 7.11. The van der Waals surface area contributed by atoms with Crippen LogP contribution >= 0.6 is 0 Å². The molecule has 0 spiro atoms. The number of likely N-dealkylation sites (tertiary alicyclic amines) is 1. The summed E-state index contributed by atoms with van der Waals surface area (Å²) >= 11 is 0. The van der Waals surface area contributed by atoms with Crippen LogP contribution in [0.5, 0.6) is 0 Å². The molecule has 1 atom stereocenters. The number of hydrogen-bond acceptors (Lipinski definition) is 8. The minimum absolute atomic E-state index is 0.0627. The quantitative estimate of drug-likeness (QED) is 0.633. The fourth-order valence-electron chi connectivity index (χ4n) is 3.23. The first-order valence-corrected chi connectivity index (χ1v) is 8.53. The number of rotatable bonds is 5. The Bertz CT molecular complexity index is 889. The lowest BCUT2D eigenvalue weighted by Crippen LogP contribution is -2.39. The highest BCUT2D eigenvalue weighted by molar-refractivity contribution is 5.94. The highest BCUT2D eigenvalue weighted by Gasteiger charge is 2.29. The first-order valence-electron chi connectivity index (χ1n) is 8.53. The molecule has 9 nitrogen and oxygen atoms in total. The normalized spacial score (nSPS) is 18.1. The average molecular weight is 353 g/mol. The van der Waals surface area contributed by atoms with Gasteiger partial charge in [-0.1, -0.05) is 5.16 Å². The van der Waals surface area contributed by atoms with Gasteiger partial charge in [0.25, 0.3) is 0 Å². The Labute approximate surface area is 150 Å². The van der Waals surface area contributed by atoms with E-state index < -0.39 is 0 Å². The van der Waals surface area contributed by atoms with Crippen molar-refractivity contribution in [2.75, 3.05) is 13.1 Å². The minimum atomic E-state index is -0.0627. The molecular weight excluding hydrogens is 334 g/mol. The van der Waals surface area contributed by atoms with E-state index in [-0.39, 0.29) is 11.7 Å². The second-order valence-corrected chi connectivity index (χ2v) is 6.40. The van der Waals surface area contributed by atoms with Crippen molar-refractivity contribution in [3.63, 3.8) is 0 Å². The third-order valence-corrected chi connectivity index (χ3v) is 4.54. The molecule has 0 radical (unpaired) electrons. The van der Waals surface area contributed by atoms with Crippen molar-refractivity contribution < 1.29 is 9.32 Å². The third kappa shape index (κ3) is 3.38. The lowest BCUT2D eigenvalue weighted by atomic mass is 9.93. The van der Waals surface area contributed by atoms with E-state index in [9.17, 15) is 4.79 Å². The van der Waals surface area contributed by atoms with Crippen LogP contribution in [-0.2, 0) is 13.6 Å². The van der Waals surface area contributed by atoms with Gasteiger partial charge >= 0.3 is 0 Å². The van der Waals surface area contributed by atoms with Crippen molar-refractivity contribution in [3.8, 4) is 11.5 Å². The van der Waals surface area contributed by atoms with Gasteiger partial charge in [0.2, 0.25) is 17.5 Å². The lowest BCUT2D eigenvalue weighted by molar-refractivity contribution is 0.0783. The molecule has 3 aromatic heterocycles. The Morgan fingerprint density at radius 3 is 3.00 bits per heavy atom. The molecule has 4 heterocycles. The predicted octanol–water partition coefficient (Wildman–Crippen LogP) is 1.35. The van der Waals surface area contributed by atoms with E-state index in [1.807, 2.05) is 7.05 Å². The second kappa shape index (κ2) is 7.12. The predicted molar refractivity (Wildman–Crippen MR) is 90.9 cm³/mol. The standard InChI is InChI=1S/C17H19N7O2/c1-23-8-6-20-17(23)15(25)12-3-2-7-24(10-12)11-14-21-16(22-26-14)13-9-18-4-5-19-13/h4-6,8-9,12H,2-3,7,10-11H2,1H3/t12-/m1/s1. The van der Waals surface area contributed by atoms with Crippen molar-refractivity contribution in [3.05, 3.63) is 42.7 Å². The minimum Gasteiger partial charge on any atom is -0.337 e. The van der Waals surface area contributed by atoms with Gasteiger partial charge in [-0.05, 0) is 19.4 Å². The smallest absolute Gasteiger partial charge is 0.241 e. The largest absolute Gasteiger partial charge is 0.337 e. The van der Waals surface area contributed by atoms with Crippen LogP contribution in [0.25, 0.3) is 11.5 Å². The van der Waals surface area contributed by atoms with Crippen LogP contribution in [0.2, 0.25) is 0 Å². The monoisotopic (exact) mass is 353 g/mol. The zero-order chi connectivity index (χ0) is 17.9. The summed E-state index contributed by atoms with van der Waals surface area (Å²) in [5, 5.41) is 3.96. The fraction of sp³-hybridized carbons (Fsp3) is 0.412. The van der Waals surface area contributed by atoms with Crippen molar-refractivity contribution in [1.29, 1.82) is 0 Å². The van der Waals surface area contributed by atoms with Gasteiger partial charge in [-0.15, -0.1) is 0 Å². The molecule has 1 aliphatic rings. The van der Waals surface area contributed by atoms with Crippen molar-refractivity contribution >= 4 is 5.78 Å². The fourth-order valence-corrected chi connectivity index (χ4v) is 3.23. The van der Waals surface area contributed by atoms with Crippen LogP contribution in [0.15, 0.2) is 35.5 Å². The number of carbonyl (C=O) groups is 1. The first-order chi connectivity index (χ1) is 12.7. The molecule has 1 saturated heterocycles. The van der Waals surface area contributed by atoms with Crippen LogP contribution in [0.3, 0.4) is 0 Å². The number of aromatic nitrogens is 6. The second-order valence-electron chi connectivity index (χ2n) is 6.40. The van der Waals surface area contributed by atoms with Crippen molar-refractivity contribution in [2.45, 2.75) is 19.4 Å². The Kier molecular flexibility index (Phi) is 4.53. The van der Waals surface area contributed by atoms with Crippen LogP contribution in [0.4, 0.5) is 0 Å². The van der Waals surface area contributed by atoms with Crippen LogP contribution in [0, 0.1) is 5.92 Å². The molecule has 0 aromatic carbocycles. The van der Waals surface area contributed by atoms with Crippen LogP contribution in [0.1, 0.15) is 29.4 Å². The van der Waals surface area contributed by atoms with E-state index in [1.54, 1.807) is 35.6 Å². The molecule has 0 unspecified atom stereocenters. The number of ketones is 1. The highest BCUT2D eigenvalue weighted by atomic mass is 16.5. The molecule has 0 N–H and O–H groups in total. The van der Waals surface area contributed by atoms with Gasteiger partial charge < -0.3 is 9.09 Å². The van der Waals surface area contributed by atoms with E-state index in [2.05, 4.69) is 30.0 Å². The van der Waals surface area contributed by atoms with Gasteiger partial charge in [0.15, 0.2) is 5.82 Å². The zero-order valence-corrected chi connectivity index (χ0v) is 14.4. The topological polar surface area (TPSA) is 103 Å². The lowest BCUT2D eigenvalue weighted by Gasteiger charge is -2.30. The molecule has 0 saturated carbocycles. The Hall–Kier alpha value is -2.94. The summed E-state index contributed by atoms with van der Waals surface area (Å²) in [6, 6.07) is 0. The molecule has 1 aliphatic heterocycles. The Morgan fingerprint density at radius 2 is 2.23 bits per heavy atom. The van der Waals surface area contributed by atoms with E-state index in [0.29, 0.717) is 36.3 Å². The SMILES string of the molecule is Cn1ccnc1C(=O)[C@@H]1CCCN(Cc2nc(-c3cnccn3)no2)C1. The molecule has 4 rings (SSSR count).